The summed E-state index contributed by atoms with van der Waals surface area (Å²) in [7, 11) is 1.63. The Bertz CT molecular complexity index is 1600. The van der Waals surface area contributed by atoms with E-state index in [9.17, 15) is 9.90 Å². The van der Waals surface area contributed by atoms with Gasteiger partial charge in [-0.15, -0.1) is 0 Å². The number of methoxy groups -OCH3 is 1. The van der Waals surface area contributed by atoms with Crippen LogP contribution in [0, 0.1) is 12.0 Å². The summed E-state index contributed by atoms with van der Waals surface area (Å²) in [5.74, 6) is 4.78. The van der Waals surface area contributed by atoms with Crippen LogP contribution in [0.25, 0.3) is 10.8 Å². The average Bonchev–Trinajstić information content (AvgIpc) is 3.05. The van der Waals surface area contributed by atoms with E-state index in [1.807, 2.05) is 36.4 Å². The number of hydrogen-bond donors (Lipinski definition) is 1. The van der Waals surface area contributed by atoms with E-state index in [0.717, 1.165) is 53.1 Å². The van der Waals surface area contributed by atoms with E-state index in [-0.39, 0.29) is 17.6 Å². The number of benzene rings is 4. The van der Waals surface area contributed by atoms with Crippen LogP contribution in [0.1, 0.15) is 73.6 Å². The van der Waals surface area contributed by atoms with Crippen LogP contribution in [0.15, 0.2) is 78.9 Å². The fourth-order valence-corrected chi connectivity index (χ4v) is 5.83. The molecule has 1 atom stereocenters. The maximum Gasteiger partial charge on any atom is 0.161 e. The fourth-order valence-electron chi connectivity index (χ4n) is 5.83. The van der Waals surface area contributed by atoms with Crippen LogP contribution in [-0.2, 0) is 35.4 Å². The number of aryl methyl sites for hydroxylation is 2. The molecule has 0 unspecified atom stereocenters. The Morgan fingerprint density at radius 3 is 2.57 bits per heavy atom. The standard InChI is InChI=1S/C39H42O5/c1-42-38-23-18-30-16-20-33(40)27-34(14-9-4-2-3-6-11-29-12-7-5-8-13-29)43-24-10-15-36-35-21-17-31(28-44-39(38)26-30)25-32(35)19-22-37(36)41/h5,7-8,12-13,17-19,21-23,25-26,34,41H,2-4,6,9,11,14-16,20,27-28H2,1H3/t34-/m0/s1. The maximum atomic E-state index is 13.1. The minimum absolute atomic E-state index is 0.163. The molecule has 5 heteroatoms. The van der Waals surface area contributed by atoms with Crippen molar-refractivity contribution in [2.24, 2.45) is 0 Å². The van der Waals surface area contributed by atoms with Crippen molar-refractivity contribution in [2.45, 2.75) is 83.3 Å². The Morgan fingerprint density at radius 2 is 1.70 bits per heavy atom. The van der Waals surface area contributed by atoms with Crippen LogP contribution in [0.3, 0.4) is 0 Å². The van der Waals surface area contributed by atoms with Crippen molar-refractivity contribution in [1.29, 1.82) is 0 Å². The first-order valence-electron chi connectivity index (χ1n) is 15.8. The Labute approximate surface area is 261 Å². The third-order valence-corrected chi connectivity index (χ3v) is 8.34. The monoisotopic (exact) mass is 590 g/mol. The molecule has 6 rings (SSSR count). The van der Waals surface area contributed by atoms with Crippen LogP contribution < -0.4 is 9.47 Å². The Kier molecular flexibility index (Phi) is 11.2. The molecule has 0 aliphatic carbocycles. The lowest BCUT2D eigenvalue weighted by atomic mass is 9.99. The number of unbranched alkanes of at least 4 members (excludes halogenated alkanes) is 4. The molecule has 0 amide bonds. The molecule has 0 saturated heterocycles. The van der Waals surface area contributed by atoms with E-state index in [0.29, 0.717) is 43.8 Å². The number of fused-ring (bicyclic) bond motifs is 9. The number of Topliss-reactive ketones (excluding diaryl/α,β-unsaturated/α-hetero) is 1. The van der Waals surface area contributed by atoms with E-state index in [4.69, 9.17) is 14.2 Å². The third kappa shape index (κ3) is 8.80. The highest BCUT2D eigenvalue weighted by Crippen LogP contribution is 2.31. The van der Waals surface area contributed by atoms with Gasteiger partial charge in [-0.05, 0) is 83.8 Å². The summed E-state index contributed by atoms with van der Waals surface area (Å²) in [5, 5.41) is 12.6. The zero-order chi connectivity index (χ0) is 30.6. The van der Waals surface area contributed by atoms with Gasteiger partial charge in [0.2, 0.25) is 0 Å². The van der Waals surface area contributed by atoms with Gasteiger partial charge in [-0.1, -0.05) is 79.8 Å². The lowest BCUT2D eigenvalue weighted by Gasteiger charge is -2.15. The summed E-state index contributed by atoms with van der Waals surface area (Å²) < 4.78 is 17.7. The summed E-state index contributed by atoms with van der Waals surface area (Å²) >= 11 is 0. The van der Waals surface area contributed by atoms with Crippen molar-refractivity contribution in [2.75, 3.05) is 7.11 Å². The van der Waals surface area contributed by atoms with Gasteiger partial charge in [-0.2, -0.15) is 0 Å². The van der Waals surface area contributed by atoms with Crippen LogP contribution in [0.2, 0.25) is 0 Å². The molecule has 1 N–H and O–H groups in total. The second kappa shape index (κ2) is 15.9. The number of rotatable bonds is 9. The number of carbonyl (C=O) groups is 1. The van der Waals surface area contributed by atoms with E-state index in [1.165, 1.54) is 24.8 Å². The lowest BCUT2D eigenvalue weighted by molar-refractivity contribution is -0.121. The van der Waals surface area contributed by atoms with Gasteiger partial charge in [0, 0.05) is 24.8 Å². The Morgan fingerprint density at radius 1 is 0.886 bits per heavy atom. The summed E-state index contributed by atoms with van der Waals surface area (Å²) in [5.41, 5.74) is 4.19. The highest BCUT2D eigenvalue weighted by Gasteiger charge is 2.16. The maximum absolute atomic E-state index is 13.1. The normalized spacial score (nSPS) is 15.4. The zero-order valence-electron chi connectivity index (χ0n) is 25.6. The molecule has 44 heavy (non-hydrogen) atoms. The summed E-state index contributed by atoms with van der Waals surface area (Å²) in [4.78, 5) is 13.1. The highest BCUT2D eigenvalue weighted by atomic mass is 16.5. The zero-order valence-corrected chi connectivity index (χ0v) is 25.6. The minimum Gasteiger partial charge on any atom is -0.508 e. The van der Waals surface area contributed by atoms with Gasteiger partial charge in [-0.25, -0.2) is 0 Å². The van der Waals surface area contributed by atoms with Crippen molar-refractivity contribution in [3.05, 3.63) is 101 Å². The first-order valence-corrected chi connectivity index (χ1v) is 15.8. The number of carbonyl (C=O) groups excluding carboxylic acids is 1. The molecule has 0 fully saturated rings. The topological polar surface area (TPSA) is 65.0 Å². The van der Waals surface area contributed by atoms with Gasteiger partial charge in [0.15, 0.2) is 11.5 Å². The molecule has 2 aliphatic rings. The van der Waals surface area contributed by atoms with Crippen molar-refractivity contribution >= 4 is 16.6 Å². The van der Waals surface area contributed by atoms with E-state index in [1.54, 1.807) is 13.2 Å². The summed E-state index contributed by atoms with van der Waals surface area (Å²) in [6, 6.07) is 26.2. The fraction of sp³-hybridized carbons (Fsp3) is 0.359. The molecular weight excluding hydrogens is 548 g/mol. The average molecular weight is 591 g/mol. The molecule has 2 aliphatic heterocycles. The number of phenolic OH excluding ortho intramolecular Hbond substituents is 1. The number of phenols is 1. The van der Waals surface area contributed by atoms with Crippen molar-refractivity contribution in [1.82, 2.24) is 0 Å². The van der Waals surface area contributed by atoms with Crippen LogP contribution in [0.4, 0.5) is 0 Å². The van der Waals surface area contributed by atoms with Crippen molar-refractivity contribution in [3.63, 3.8) is 0 Å². The van der Waals surface area contributed by atoms with Crippen molar-refractivity contribution in [3.8, 4) is 29.3 Å². The van der Waals surface area contributed by atoms with Gasteiger partial charge in [-0.3, -0.25) is 4.79 Å². The minimum atomic E-state index is -0.250. The second-order valence-corrected chi connectivity index (χ2v) is 11.6. The van der Waals surface area contributed by atoms with Gasteiger partial charge in [0.05, 0.1) is 7.11 Å². The molecule has 4 aromatic rings. The SMILES string of the molecule is COc1ccc2cc1OCc1ccc3c(c(O)ccc3c1)CC#CO[C@@H](CCCCCCCc1ccccc1)CC(=O)CC2. The lowest BCUT2D eigenvalue weighted by Crippen LogP contribution is -2.16. The number of ether oxygens (including phenoxy) is 3. The van der Waals surface area contributed by atoms with Gasteiger partial charge < -0.3 is 19.3 Å². The largest absolute Gasteiger partial charge is 0.508 e. The second-order valence-electron chi connectivity index (χ2n) is 11.6. The van der Waals surface area contributed by atoms with E-state index >= 15 is 0 Å². The molecule has 6 bridgehead atoms. The predicted molar refractivity (Wildman–Crippen MR) is 175 cm³/mol. The third-order valence-electron chi connectivity index (χ3n) is 8.34. The first-order chi connectivity index (χ1) is 21.6. The van der Waals surface area contributed by atoms with Gasteiger partial charge >= 0.3 is 0 Å². The molecule has 4 aromatic carbocycles. The van der Waals surface area contributed by atoms with Crippen LogP contribution in [-0.4, -0.2) is 24.1 Å². The molecule has 228 valence electrons. The predicted octanol–water partition coefficient (Wildman–Crippen LogP) is 8.51. The van der Waals surface area contributed by atoms with Crippen LogP contribution in [0.5, 0.6) is 17.2 Å². The molecule has 2 heterocycles. The number of hydrogen-bond acceptors (Lipinski definition) is 5. The highest BCUT2D eigenvalue weighted by molar-refractivity contribution is 5.88. The number of ketones is 1. The molecule has 0 radical (unpaired) electrons. The van der Waals surface area contributed by atoms with E-state index in [2.05, 4.69) is 48.4 Å². The molecule has 5 nitrogen and oxygen atoms in total. The molecular formula is C39H42O5. The Balaban J connectivity index is 1.27. The summed E-state index contributed by atoms with van der Waals surface area (Å²) in [6.45, 7) is 0.368. The van der Waals surface area contributed by atoms with Gasteiger partial charge in [0.25, 0.3) is 0 Å². The smallest absolute Gasteiger partial charge is 0.161 e. The summed E-state index contributed by atoms with van der Waals surface area (Å²) in [6.07, 6.45) is 11.9. The first kappa shape index (κ1) is 31.0. The van der Waals surface area contributed by atoms with Gasteiger partial charge in [0.1, 0.15) is 30.4 Å². The number of aromatic hydroxyl groups is 1. The quantitative estimate of drug-likeness (QED) is 0.156. The molecule has 0 saturated carbocycles. The van der Waals surface area contributed by atoms with E-state index < -0.39 is 0 Å². The Hall–Kier alpha value is -4.43. The van der Waals surface area contributed by atoms with Crippen molar-refractivity contribution < 1.29 is 24.1 Å². The van der Waals surface area contributed by atoms with Crippen LogP contribution >= 0.6 is 0 Å². The molecule has 0 spiro atoms. The molecule has 0 aromatic heterocycles.